The Hall–Kier alpha value is -1.09. The van der Waals surface area contributed by atoms with Gasteiger partial charge in [0.15, 0.2) is 0 Å². The van der Waals surface area contributed by atoms with Gasteiger partial charge in [0.2, 0.25) is 0 Å². The van der Waals surface area contributed by atoms with Gasteiger partial charge in [0, 0.05) is 12.2 Å². The van der Waals surface area contributed by atoms with E-state index >= 15 is 0 Å². The maximum Gasteiger partial charge on any atom is 0.123 e. The predicted molar refractivity (Wildman–Crippen MR) is 78.5 cm³/mol. The Morgan fingerprint density at radius 2 is 2.11 bits per heavy atom. The van der Waals surface area contributed by atoms with Crippen LogP contribution in [0.1, 0.15) is 46.1 Å². The summed E-state index contributed by atoms with van der Waals surface area (Å²) in [6, 6.07) is 4.59. The van der Waals surface area contributed by atoms with Crippen LogP contribution >= 0.6 is 0 Å². The van der Waals surface area contributed by atoms with Gasteiger partial charge in [0.05, 0.1) is 0 Å². The number of nitrogens with two attached hydrogens (primary N) is 1. The second-order valence-electron chi connectivity index (χ2n) is 5.96. The smallest absolute Gasteiger partial charge is 0.123 e. The van der Waals surface area contributed by atoms with Gasteiger partial charge in [-0.3, -0.25) is 0 Å². The lowest BCUT2D eigenvalue weighted by atomic mass is 9.83. The topological polar surface area (TPSA) is 50.9 Å². The average Bonchev–Trinajstić information content (AvgIpc) is 2.27. The molecule has 1 rings (SSSR count). The van der Waals surface area contributed by atoms with E-state index in [0.717, 1.165) is 13.0 Å². The molecule has 0 saturated carbocycles. The van der Waals surface area contributed by atoms with Crippen molar-refractivity contribution < 1.29 is 0 Å². The van der Waals surface area contributed by atoms with Crippen molar-refractivity contribution in [1.29, 1.82) is 0 Å². The highest BCUT2D eigenvalue weighted by Crippen LogP contribution is 2.23. The Bertz CT molecular complexity index is 355. The fourth-order valence-corrected chi connectivity index (χ4v) is 2.25. The highest BCUT2D eigenvalue weighted by molar-refractivity contribution is 5.31. The summed E-state index contributed by atoms with van der Waals surface area (Å²) in [6.07, 6.45) is 5.23. The quantitative estimate of drug-likeness (QED) is 0.815. The molecule has 3 nitrogen and oxygen atoms in total. The molecule has 1 unspecified atom stereocenters. The van der Waals surface area contributed by atoms with Crippen LogP contribution in [0.4, 0.5) is 5.82 Å². The molecule has 0 amide bonds. The van der Waals surface area contributed by atoms with E-state index in [1.807, 2.05) is 6.07 Å². The summed E-state index contributed by atoms with van der Waals surface area (Å²) >= 11 is 0. The van der Waals surface area contributed by atoms with Crippen molar-refractivity contribution in [3.8, 4) is 0 Å². The van der Waals surface area contributed by atoms with Crippen molar-refractivity contribution in [3.63, 3.8) is 0 Å². The van der Waals surface area contributed by atoms with Crippen LogP contribution in [0.25, 0.3) is 0 Å². The average molecular weight is 249 g/mol. The first kappa shape index (κ1) is 15.0. The van der Waals surface area contributed by atoms with Crippen LogP contribution in [0.15, 0.2) is 18.3 Å². The van der Waals surface area contributed by atoms with Crippen molar-refractivity contribution in [3.05, 3.63) is 23.9 Å². The Balaban J connectivity index is 2.44. The summed E-state index contributed by atoms with van der Waals surface area (Å²) in [5.74, 6) is 0.617. The molecule has 0 fully saturated rings. The minimum Gasteiger partial charge on any atom is -0.384 e. The summed E-state index contributed by atoms with van der Waals surface area (Å²) in [5, 5.41) is 3.58. The van der Waals surface area contributed by atoms with Crippen molar-refractivity contribution in [2.45, 2.75) is 53.0 Å². The fraction of sp³-hybridized carbons (Fsp3) is 0.667. The molecule has 1 atom stereocenters. The predicted octanol–water partition coefficient (Wildman–Crippen LogP) is 3.01. The molecule has 0 aliphatic heterocycles. The summed E-state index contributed by atoms with van der Waals surface area (Å²) in [7, 11) is 0. The number of hydrogen-bond donors (Lipinski definition) is 2. The van der Waals surface area contributed by atoms with Gasteiger partial charge in [-0.15, -0.1) is 0 Å². The molecule has 0 aromatic carbocycles. The lowest BCUT2D eigenvalue weighted by Crippen LogP contribution is -2.40. The molecule has 3 N–H and O–H groups in total. The number of anilines is 1. The molecule has 102 valence electrons. The van der Waals surface area contributed by atoms with Gasteiger partial charge in [0.25, 0.3) is 0 Å². The third kappa shape index (κ3) is 5.05. The molecular weight excluding hydrogens is 222 g/mol. The lowest BCUT2D eigenvalue weighted by Gasteiger charge is -2.31. The number of pyridine rings is 1. The third-order valence-corrected chi connectivity index (χ3v) is 3.30. The summed E-state index contributed by atoms with van der Waals surface area (Å²) in [5.41, 5.74) is 7.28. The van der Waals surface area contributed by atoms with Gasteiger partial charge in [-0.1, -0.05) is 27.7 Å². The summed E-state index contributed by atoms with van der Waals surface area (Å²) in [6.45, 7) is 10.1. The van der Waals surface area contributed by atoms with Crippen LogP contribution in [0.5, 0.6) is 0 Å². The lowest BCUT2D eigenvalue weighted by molar-refractivity contribution is 0.254. The molecule has 0 aliphatic carbocycles. The second-order valence-corrected chi connectivity index (χ2v) is 5.96. The molecule has 1 heterocycles. The number of nitrogens with zero attached hydrogens (tertiary/aromatic N) is 1. The van der Waals surface area contributed by atoms with Crippen LogP contribution in [0.3, 0.4) is 0 Å². The molecule has 1 aromatic heterocycles. The molecule has 0 spiro atoms. The minimum atomic E-state index is 0.313. The Labute approximate surface area is 111 Å². The highest BCUT2D eigenvalue weighted by Gasteiger charge is 2.22. The molecule has 3 heteroatoms. The van der Waals surface area contributed by atoms with E-state index in [1.165, 1.54) is 18.4 Å². The van der Waals surface area contributed by atoms with E-state index < -0.39 is 0 Å². The van der Waals surface area contributed by atoms with E-state index in [4.69, 9.17) is 5.73 Å². The maximum absolute atomic E-state index is 5.68. The highest BCUT2D eigenvalue weighted by atomic mass is 14.9. The molecular formula is C15H27N3. The maximum atomic E-state index is 5.68. The zero-order valence-corrected chi connectivity index (χ0v) is 12.2. The number of hydrogen-bond acceptors (Lipinski definition) is 3. The van der Waals surface area contributed by atoms with Crippen LogP contribution in [0.2, 0.25) is 0 Å². The zero-order chi connectivity index (χ0) is 13.6. The second kappa shape index (κ2) is 6.74. The Morgan fingerprint density at radius 3 is 2.67 bits per heavy atom. The van der Waals surface area contributed by atoms with Crippen LogP contribution in [0, 0.1) is 5.41 Å². The Morgan fingerprint density at radius 1 is 1.39 bits per heavy atom. The van der Waals surface area contributed by atoms with Gasteiger partial charge in [-0.2, -0.15) is 0 Å². The van der Waals surface area contributed by atoms with Crippen LogP contribution in [-0.4, -0.2) is 17.6 Å². The first-order chi connectivity index (χ1) is 8.43. The van der Waals surface area contributed by atoms with Crippen molar-refractivity contribution in [1.82, 2.24) is 10.3 Å². The van der Waals surface area contributed by atoms with E-state index in [-0.39, 0.29) is 0 Å². The van der Waals surface area contributed by atoms with Gasteiger partial charge in [-0.25, -0.2) is 4.98 Å². The SMILES string of the molecule is CCNC(CCCc1ccnc(N)c1)C(C)(C)C. The first-order valence-corrected chi connectivity index (χ1v) is 6.87. The van der Waals surface area contributed by atoms with Gasteiger partial charge < -0.3 is 11.1 Å². The monoisotopic (exact) mass is 249 g/mol. The first-order valence-electron chi connectivity index (χ1n) is 6.87. The number of rotatable bonds is 6. The molecule has 0 bridgehead atoms. The number of aromatic nitrogens is 1. The number of nitrogens with one attached hydrogen (secondary N) is 1. The third-order valence-electron chi connectivity index (χ3n) is 3.30. The van der Waals surface area contributed by atoms with Gasteiger partial charge in [0.1, 0.15) is 5.82 Å². The summed E-state index contributed by atoms with van der Waals surface area (Å²) < 4.78 is 0. The fourth-order valence-electron chi connectivity index (χ4n) is 2.25. The van der Waals surface area contributed by atoms with Gasteiger partial charge >= 0.3 is 0 Å². The molecule has 0 saturated heterocycles. The van der Waals surface area contributed by atoms with Crippen molar-refractivity contribution in [2.75, 3.05) is 12.3 Å². The van der Waals surface area contributed by atoms with Crippen LogP contribution < -0.4 is 11.1 Å². The molecule has 1 aromatic rings. The molecule has 0 radical (unpaired) electrons. The normalized spacial score (nSPS) is 13.6. The minimum absolute atomic E-state index is 0.313. The standard InChI is InChI=1S/C15H27N3/c1-5-17-13(15(2,3)4)8-6-7-12-9-10-18-14(16)11-12/h9-11,13,17H,5-8H2,1-4H3,(H2,16,18). The Kier molecular flexibility index (Phi) is 5.60. The molecule has 0 aliphatic rings. The number of aryl methyl sites for hydroxylation is 1. The van der Waals surface area contributed by atoms with Crippen molar-refractivity contribution >= 4 is 5.82 Å². The van der Waals surface area contributed by atoms with Crippen LogP contribution in [-0.2, 0) is 6.42 Å². The largest absolute Gasteiger partial charge is 0.384 e. The number of nitrogen functional groups attached to an aromatic ring is 1. The van der Waals surface area contributed by atoms with E-state index in [9.17, 15) is 0 Å². The van der Waals surface area contributed by atoms with E-state index in [2.05, 4.69) is 44.1 Å². The van der Waals surface area contributed by atoms with E-state index in [0.29, 0.717) is 17.3 Å². The van der Waals surface area contributed by atoms with Gasteiger partial charge in [-0.05, 0) is 48.9 Å². The van der Waals surface area contributed by atoms with Crippen molar-refractivity contribution in [2.24, 2.45) is 5.41 Å². The molecule has 18 heavy (non-hydrogen) atoms. The zero-order valence-electron chi connectivity index (χ0n) is 12.2. The van der Waals surface area contributed by atoms with E-state index in [1.54, 1.807) is 6.20 Å². The summed E-state index contributed by atoms with van der Waals surface area (Å²) in [4.78, 5) is 4.02.